The molecule has 0 atom stereocenters. The first kappa shape index (κ1) is 10.4. The second-order valence-corrected chi connectivity index (χ2v) is 3.52. The van der Waals surface area contributed by atoms with Crippen molar-refractivity contribution in [3.8, 4) is 0 Å². The number of para-hydroxylation sites is 1. The number of hydrogen-bond donors (Lipinski definition) is 2. The highest BCUT2D eigenvalue weighted by molar-refractivity contribution is 6.15. The highest BCUT2D eigenvalue weighted by Crippen LogP contribution is 2.18. The van der Waals surface area contributed by atoms with Crippen LogP contribution in [0.5, 0.6) is 0 Å². The molecule has 0 unspecified atom stereocenters. The molecule has 0 radical (unpaired) electrons. The van der Waals surface area contributed by atoms with Gasteiger partial charge in [-0.05, 0) is 12.1 Å². The molecule has 4 heteroatoms. The summed E-state index contributed by atoms with van der Waals surface area (Å²) in [7, 11) is 0. The van der Waals surface area contributed by atoms with Gasteiger partial charge in [0.05, 0.1) is 17.5 Å². The van der Waals surface area contributed by atoms with Crippen LogP contribution in [0.4, 0.5) is 5.69 Å². The predicted octanol–water partition coefficient (Wildman–Crippen LogP) is 2.26. The standard InChI is InChI=1S/C12H12N2O2/c15-11-6-7-12(16)10(11)8-13-14-9-4-2-1-3-5-9/h1-5,8,14-15H,6-7H2/b13-8+. The van der Waals surface area contributed by atoms with Crippen LogP contribution in [0, 0.1) is 0 Å². The Kier molecular flexibility index (Phi) is 3.00. The summed E-state index contributed by atoms with van der Waals surface area (Å²) in [6.45, 7) is 0. The van der Waals surface area contributed by atoms with Crippen molar-refractivity contribution in [2.24, 2.45) is 5.10 Å². The van der Waals surface area contributed by atoms with Crippen LogP contribution in [0.2, 0.25) is 0 Å². The van der Waals surface area contributed by atoms with E-state index >= 15 is 0 Å². The van der Waals surface area contributed by atoms with E-state index in [1.165, 1.54) is 6.21 Å². The Morgan fingerprint density at radius 2 is 2.00 bits per heavy atom. The van der Waals surface area contributed by atoms with Crippen LogP contribution in [0.15, 0.2) is 46.8 Å². The molecular weight excluding hydrogens is 204 g/mol. The van der Waals surface area contributed by atoms with Gasteiger partial charge in [-0.15, -0.1) is 0 Å². The lowest BCUT2D eigenvalue weighted by Gasteiger charge is -1.98. The topological polar surface area (TPSA) is 61.7 Å². The van der Waals surface area contributed by atoms with Gasteiger partial charge in [-0.1, -0.05) is 18.2 Å². The number of aliphatic hydroxyl groups excluding tert-OH is 1. The minimum absolute atomic E-state index is 0.0592. The normalized spacial score (nSPS) is 16.1. The Hall–Kier alpha value is -2.10. The predicted molar refractivity (Wildman–Crippen MR) is 62.5 cm³/mol. The quantitative estimate of drug-likeness (QED) is 0.601. The van der Waals surface area contributed by atoms with E-state index in [4.69, 9.17) is 0 Å². The number of anilines is 1. The summed E-state index contributed by atoms with van der Waals surface area (Å²) in [6.07, 6.45) is 2.17. The maximum atomic E-state index is 11.3. The molecule has 1 aromatic rings. The number of Topliss-reactive ketones (excluding diaryl/α,β-unsaturated/α-hetero) is 1. The number of ketones is 1. The first-order valence-corrected chi connectivity index (χ1v) is 5.07. The smallest absolute Gasteiger partial charge is 0.168 e. The number of carbonyl (C=O) groups excluding carboxylic acids is 1. The Morgan fingerprint density at radius 1 is 1.25 bits per heavy atom. The zero-order chi connectivity index (χ0) is 11.4. The summed E-state index contributed by atoms with van der Waals surface area (Å²) in [4.78, 5) is 11.3. The maximum absolute atomic E-state index is 11.3. The molecule has 16 heavy (non-hydrogen) atoms. The maximum Gasteiger partial charge on any atom is 0.168 e. The molecule has 1 aliphatic rings. The summed E-state index contributed by atoms with van der Waals surface area (Å²) in [5.74, 6) is 0.0692. The third-order valence-electron chi connectivity index (χ3n) is 2.36. The molecule has 0 amide bonds. The van der Waals surface area contributed by atoms with Gasteiger partial charge in [0, 0.05) is 12.8 Å². The van der Waals surface area contributed by atoms with E-state index in [2.05, 4.69) is 10.5 Å². The van der Waals surface area contributed by atoms with Crippen molar-refractivity contribution < 1.29 is 9.90 Å². The molecule has 0 bridgehead atoms. The van der Waals surface area contributed by atoms with E-state index in [-0.39, 0.29) is 11.5 Å². The fraction of sp³-hybridized carbons (Fsp3) is 0.167. The second kappa shape index (κ2) is 4.61. The Balaban J connectivity index is 2.01. The van der Waals surface area contributed by atoms with Gasteiger partial charge in [0.25, 0.3) is 0 Å². The highest BCUT2D eigenvalue weighted by Gasteiger charge is 2.20. The van der Waals surface area contributed by atoms with Crippen molar-refractivity contribution in [1.82, 2.24) is 0 Å². The number of aliphatic hydroxyl groups is 1. The number of hydrazone groups is 1. The monoisotopic (exact) mass is 216 g/mol. The zero-order valence-electron chi connectivity index (χ0n) is 8.68. The molecule has 0 aromatic heterocycles. The average molecular weight is 216 g/mol. The Bertz CT molecular complexity index is 449. The minimum atomic E-state index is -0.0592. The number of nitrogens with zero attached hydrogens (tertiary/aromatic N) is 1. The fourth-order valence-electron chi connectivity index (χ4n) is 1.49. The van der Waals surface area contributed by atoms with E-state index in [1.807, 2.05) is 30.3 Å². The van der Waals surface area contributed by atoms with Crippen molar-refractivity contribution in [1.29, 1.82) is 0 Å². The zero-order valence-corrected chi connectivity index (χ0v) is 8.68. The molecular formula is C12H12N2O2. The van der Waals surface area contributed by atoms with Gasteiger partial charge in [-0.2, -0.15) is 5.10 Å². The van der Waals surface area contributed by atoms with Crippen LogP contribution >= 0.6 is 0 Å². The van der Waals surface area contributed by atoms with E-state index < -0.39 is 0 Å². The minimum Gasteiger partial charge on any atom is -0.511 e. The largest absolute Gasteiger partial charge is 0.511 e. The third-order valence-corrected chi connectivity index (χ3v) is 2.36. The number of benzene rings is 1. The number of nitrogens with one attached hydrogen (secondary N) is 1. The molecule has 0 aliphatic heterocycles. The molecule has 1 aliphatic carbocycles. The molecule has 0 saturated heterocycles. The summed E-state index contributed by atoms with van der Waals surface area (Å²) in [5.41, 5.74) is 3.93. The van der Waals surface area contributed by atoms with E-state index in [1.54, 1.807) is 0 Å². The van der Waals surface area contributed by atoms with E-state index in [0.717, 1.165) is 5.69 Å². The van der Waals surface area contributed by atoms with E-state index in [0.29, 0.717) is 18.4 Å². The van der Waals surface area contributed by atoms with Crippen LogP contribution in [0.25, 0.3) is 0 Å². The second-order valence-electron chi connectivity index (χ2n) is 3.52. The molecule has 0 saturated carbocycles. The van der Waals surface area contributed by atoms with Crippen molar-refractivity contribution >= 4 is 17.7 Å². The molecule has 0 spiro atoms. The first-order valence-electron chi connectivity index (χ1n) is 5.07. The third kappa shape index (κ3) is 2.28. The SMILES string of the molecule is O=C1CCC(O)=C1/C=N/Nc1ccccc1. The lowest BCUT2D eigenvalue weighted by molar-refractivity contribution is -0.114. The van der Waals surface area contributed by atoms with Gasteiger partial charge < -0.3 is 5.11 Å². The summed E-state index contributed by atoms with van der Waals surface area (Å²) < 4.78 is 0. The molecule has 2 rings (SSSR count). The molecule has 0 fully saturated rings. The lowest BCUT2D eigenvalue weighted by atomic mass is 10.2. The molecule has 0 heterocycles. The van der Waals surface area contributed by atoms with Crippen LogP contribution in [0.3, 0.4) is 0 Å². The molecule has 82 valence electrons. The van der Waals surface area contributed by atoms with Crippen molar-refractivity contribution in [2.45, 2.75) is 12.8 Å². The van der Waals surface area contributed by atoms with Gasteiger partial charge in [0.2, 0.25) is 0 Å². The van der Waals surface area contributed by atoms with E-state index in [9.17, 15) is 9.90 Å². The molecule has 1 aromatic carbocycles. The highest BCUT2D eigenvalue weighted by atomic mass is 16.3. The summed E-state index contributed by atoms with van der Waals surface area (Å²) in [5, 5.41) is 13.3. The number of allylic oxidation sites excluding steroid dienone is 2. The summed E-state index contributed by atoms with van der Waals surface area (Å²) >= 11 is 0. The van der Waals surface area contributed by atoms with Gasteiger partial charge in [-0.25, -0.2) is 0 Å². The van der Waals surface area contributed by atoms with Crippen molar-refractivity contribution in [3.05, 3.63) is 41.7 Å². The Morgan fingerprint density at radius 3 is 2.62 bits per heavy atom. The van der Waals surface area contributed by atoms with Crippen LogP contribution < -0.4 is 5.43 Å². The molecule has 2 N–H and O–H groups in total. The van der Waals surface area contributed by atoms with Gasteiger partial charge >= 0.3 is 0 Å². The van der Waals surface area contributed by atoms with Crippen LogP contribution in [-0.4, -0.2) is 17.1 Å². The first-order chi connectivity index (χ1) is 7.77. The average Bonchev–Trinajstić information content (AvgIpc) is 2.62. The van der Waals surface area contributed by atoms with Gasteiger partial charge in [0.1, 0.15) is 5.76 Å². The van der Waals surface area contributed by atoms with Crippen molar-refractivity contribution in [3.63, 3.8) is 0 Å². The fourth-order valence-corrected chi connectivity index (χ4v) is 1.49. The van der Waals surface area contributed by atoms with Crippen LogP contribution in [0.1, 0.15) is 12.8 Å². The summed E-state index contributed by atoms with van der Waals surface area (Å²) in [6, 6.07) is 9.40. The lowest BCUT2D eigenvalue weighted by Crippen LogP contribution is -1.99. The number of hydrogen-bond acceptors (Lipinski definition) is 4. The Labute approximate surface area is 93.3 Å². The number of carbonyl (C=O) groups is 1. The van der Waals surface area contributed by atoms with Crippen molar-refractivity contribution in [2.75, 3.05) is 5.43 Å². The van der Waals surface area contributed by atoms with Crippen LogP contribution in [-0.2, 0) is 4.79 Å². The molecule has 4 nitrogen and oxygen atoms in total. The van der Waals surface area contributed by atoms with Gasteiger partial charge in [-0.3, -0.25) is 10.2 Å². The van der Waals surface area contributed by atoms with Gasteiger partial charge in [0.15, 0.2) is 5.78 Å². The number of rotatable bonds is 3.